The van der Waals surface area contributed by atoms with E-state index in [1.54, 1.807) is 0 Å². The monoisotopic (exact) mass is 191 g/mol. The van der Waals surface area contributed by atoms with Gasteiger partial charge in [0.05, 0.1) is 0 Å². The minimum atomic E-state index is 0.873. The maximum atomic E-state index is 4.42. The predicted octanol–water partition coefficient (Wildman–Crippen LogP) is 3.76. The fraction of sp³-hybridized carbons (Fsp3) is 0.615. The van der Waals surface area contributed by atoms with Crippen LogP contribution in [0.2, 0.25) is 0 Å². The van der Waals surface area contributed by atoms with E-state index in [1.165, 1.54) is 30.5 Å². The van der Waals surface area contributed by atoms with Crippen molar-refractivity contribution in [1.29, 1.82) is 0 Å². The van der Waals surface area contributed by atoms with Gasteiger partial charge in [-0.05, 0) is 37.3 Å². The number of nitrogens with zero attached hydrogens (tertiary/aromatic N) is 1. The van der Waals surface area contributed by atoms with Crippen LogP contribution in [0, 0.1) is 12.8 Å². The third-order valence-corrected chi connectivity index (χ3v) is 2.94. The topological polar surface area (TPSA) is 12.9 Å². The molecule has 0 unspecified atom stereocenters. The first-order valence-corrected chi connectivity index (χ1v) is 5.67. The van der Waals surface area contributed by atoms with Crippen molar-refractivity contribution in [1.82, 2.24) is 4.98 Å². The van der Waals surface area contributed by atoms with E-state index in [-0.39, 0.29) is 0 Å². The molecule has 0 aromatic carbocycles. The highest BCUT2D eigenvalue weighted by atomic mass is 14.7. The highest BCUT2D eigenvalue weighted by Crippen LogP contribution is 2.15. The van der Waals surface area contributed by atoms with Gasteiger partial charge in [0.15, 0.2) is 0 Å². The summed E-state index contributed by atoms with van der Waals surface area (Å²) >= 11 is 0. The summed E-state index contributed by atoms with van der Waals surface area (Å²) < 4.78 is 0. The lowest BCUT2D eigenvalue weighted by molar-refractivity contribution is 0.454. The van der Waals surface area contributed by atoms with Gasteiger partial charge in [-0.25, -0.2) is 0 Å². The second kappa shape index (κ2) is 5.79. The Morgan fingerprint density at radius 1 is 1.21 bits per heavy atom. The first-order chi connectivity index (χ1) is 6.76. The molecule has 0 atom stereocenters. The van der Waals surface area contributed by atoms with E-state index in [0.29, 0.717) is 0 Å². The standard InChI is InChI=1S/C13H21N/c1-4-12(5-2)7-9-13-8-6-11(3)10-14-13/h6,8,10,12H,4-5,7,9H2,1-3H3. The van der Waals surface area contributed by atoms with Gasteiger partial charge in [0.1, 0.15) is 0 Å². The summed E-state index contributed by atoms with van der Waals surface area (Å²) in [5.74, 6) is 0.873. The van der Waals surface area contributed by atoms with Crippen LogP contribution in [-0.2, 0) is 6.42 Å². The van der Waals surface area contributed by atoms with E-state index in [9.17, 15) is 0 Å². The van der Waals surface area contributed by atoms with Gasteiger partial charge in [0.25, 0.3) is 0 Å². The fourth-order valence-electron chi connectivity index (χ4n) is 1.70. The van der Waals surface area contributed by atoms with Crippen LogP contribution in [0.25, 0.3) is 0 Å². The molecular formula is C13H21N. The summed E-state index contributed by atoms with van der Waals surface area (Å²) in [6.07, 6.45) is 6.96. The Balaban J connectivity index is 2.41. The molecule has 0 radical (unpaired) electrons. The zero-order valence-corrected chi connectivity index (χ0v) is 9.59. The molecule has 1 heterocycles. The van der Waals surface area contributed by atoms with Crippen LogP contribution >= 0.6 is 0 Å². The first kappa shape index (κ1) is 11.2. The maximum Gasteiger partial charge on any atom is 0.0403 e. The summed E-state index contributed by atoms with van der Waals surface area (Å²) in [4.78, 5) is 4.42. The lowest BCUT2D eigenvalue weighted by Crippen LogP contribution is -2.00. The number of hydrogen-bond acceptors (Lipinski definition) is 1. The first-order valence-electron chi connectivity index (χ1n) is 5.67. The summed E-state index contributed by atoms with van der Waals surface area (Å²) in [5.41, 5.74) is 2.48. The largest absolute Gasteiger partial charge is 0.261 e. The highest BCUT2D eigenvalue weighted by Gasteiger charge is 2.03. The van der Waals surface area contributed by atoms with Gasteiger partial charge in [-0.15, -0.1) is 0 Å². The van der Waals surface area contributed by atoms with E-state index in [0.717, 1.165) is 12.3 Å². The summed E-state index contributed by atoms with van der Waals surface area (Å²) in [7, 11) is 0. The average molecular weight is 191 g/mol. The quantitative estimate of drug-likeness (QED) is 0.690. The van der Waals surface area contributed by atoms with E-state index in [4.69, 9.17) is 0 Å². The van der Waals surface area contributed by atoms with Crippen LogP contribution in [0.1, 0.15) is 44.4 Å². The molecule has 0 amide bonds. The second-order valence-electron chi connectivity index (χ2n) is 4.05. The average Bonchev–Trinajstić information content (AvgIpc) is 2.22. The molecule has 1 nitrogen and oxygen atoms in total. The number of aryl methyl sites for hydroxylation is 2. The summed E-state index contributed by atoms with van der Waals surface area (Å²) in [5, 5.41) is 0. The van der Waals surface area contributed by atoms with Crippen molar-refractivity contribution >= 4 is 0 Å². The van der Waals surface area contributed by atoms with Crippen molar-refractivity contribution < 1.29 is 0 Å². The van der Waals surface area contributed by atoms with Gasteiger partial charge in [0.2, 0.25) is 0 Å². The van der Waals surface area contributed by atoms with Crippen LogP contribution in [0.5, 0.6) is 0 Å². The van der Waals surface area contributed by atoms with E-state index < -0.39 is 0 Å². The van der Waals surface area contributed by atoms with Crippen LogP contribution in [0.3, 0.4) is 0 Å². The van der Waals surface area contributed by atoms with Crippen molar-refractivity contribution in [3.63, 3.8) is 0 Å². The fourth-order valence-corrected chi connectivity index (χ4v) is 1.70. The molecule has 0 saturated carbocycles. The Morgan fingerprint density at radius 3 is 2.43 bits per heavy atom. The number of rotatable bonds is 5. The molecule has 0 saturated heterocycles. The van der Waals surface area contributed by atoms with Crippen molar-refractivity contribution in [2.45, 2.75) is 46.5 Å². The van der Waals surface area contributed by atoms with E-state index in [2.05, 4.69) is 37.9 Å². The molecule has 0 aliphatic rings. The summed E-state index contributed by atoms with van der Waals surface area (Å²) in [6, 6.07) is 4.30. The Kier molecular flexibility index (Phi) is 4.64. The highest BCUT2D eigenvalue weighted by molar-refractivity contribution is 5.12. The Bertz CT molecular complexity index is 246. The molecular weight excluding hydrogens is 170 g/mol. The number of hydrogen-bond donors (Lipinski definition) is 0. The van der Waals surface area contributed by atoms with Crippen LogP contribution in [0.15, 0.2) is 18.3 Å². The maximum absolute atomic E-state index is 4.42. The van der Waals surface area contributed by atoms with Gasteiger partial charge in [-0.3, -0.25) is 4.98 Å². The molecule has 78 valence electrons. The molecule has 0 fully saturated rings. The van der Waals surface area contributed by atoms with Gasteiger partial charge in [-0.2, -0.15) is 0 Å². The molecule has 0 N–H and O–H groups in total. The van der Waals surface area contributed by atoms with Crippen LogP contribution in [0.4, 0.5) is 0 Å². The van der Waals surface area contributed by atoms with Crippen molar-refractivity contribution in [3.05, 3.63) is 29.6 Å². The van der Waals surface area contributed by atoms with Crippen molar-refractivity contribution in [3.8, 4) is 0 Å². The van der Waals surface area contributed by atoms with E-state index in [1.807, 2.05) is 6.20 Å². The van der Waals surface area contributed by atoms with Gasteiger partial charge in [-0.1, -0.05) is 32.8 Å². The summed E-state index contributed by atoms with van der Waals surface area (Å²) in [6.45, 7) is 6.63. The predicted molar refractivity (Wildman–Crippen MR) is 61.4 cm³/mol. The van der Waals surface area contributed by atoms with Gasteiger partial charge < -0.3 is 0 Å². The van der Waals surface area contributed by atoms with Crippen LogP contribution < -0.4 is 0 Å². The SMILES string of the molecule is CCC(CC)CCc1ccc(C)cn1. The van der Waals surface area contributed by atoms with Crippen molar-refractivity contribution in [2.75, 3.05) is 0 Å². The Hall–Kier alpha value is -0.850. The Labute approximate surface area is 87.6 Å². The Morgan fingerprint density at radius 2 is 1.93 bits per heavy atom. The van der Waals surface area contributed by atoms with Crippen LogP contribution in [-0.4, -0.2) is 4.98 Å². The number of aromatic nitrogens is 1. The zero-order chi connectivity index (χ0) is 10.4. The third kappa shape index (κ3) is 3.49. The molecule has 0 aliphatic carbocycles. The van der Waals surface area contributed by atoms with Crippen molar-refractivity contribution in [2.24, 2.45) is 5.92 Å². The van der Waals surface area contributed by atoms with Gasteiger partial charge in [0, 0.05) is 11.9 Å². The minimum absolute atomic E-state index is 0.873. The molecule has 0 aliphatic heterocycles. The molecule has 0 bridgehead atoms. The normalized spacial score (nSPS) is 10.9. The molecule has 1 heteroatoms. The lowest BCUT2D eigenvalue weighted by atomic mass is 9.96. The smallest absolute Gasteiger partial charge is 0.0403 e. The molecule has 0 spiro atoms. The second-order valence-corrected chi connectivity index (χ2v) is 4.05. The lowest BCUT2D eigenvalue weighted by Gasteiger charge is -2.11. The molecule has 1 aromatic rings. The zero-order valence-electron chi connectivity index (χ0n) is 9.59. The number of pyridine rings is 1. The molecule has 1 aromatic heterocycles. The molecule has 1 rings (SSSR count). The van der Waals surface area contributed by atoms with Gasteiger partial charge >= 0.3 is 0 Å². The molecule has 14 heavy (non-hydrogen) atoms. The van der Waals surface area contributed by atoms with E-state index >= 15 is 0 Å². The third-order valence-electron chi connectivity index (χ3n) is 2.94. The minimum Gasteiger partial charge on any atom is -0.261 e.